The average molecular weight is 252 g/mol. The molecule has 0 bridgehead atoms. The third kappa shape index (κ3) is 9.83. The first kappa shape index (κ1) is 12.9. The minimum atomic E-state index is -0.253. The molecule has 13 heavy (non-hydrogen) atoms. The van der Waals surface area contributed by atoms with Gasteiger partial charge in [0.1, 0.15) is 6.61 Å². The standard InChI is InChI=1S/C9H18BrNO2/c1-7(10)5-11-8(12)6-13-9(2,3)4/h7H,5-6H2,1-4H3,(H,11,12). The molecule has 1 N–H and O–H groups in total. The van der Waals surface area contributed by atoms with E-state index >= 15 is 0 Å². The maximum Gasteiger partial charge on any atom is 0.246 e. The van der Waals surface area contributed by atoms with Crippen molar-refractivity contribution in [1.82, 2.24) is 5.32 Å². The topological polar surface area (TPSA) is 38.3 Å². The third-order valence-corrected chi connectivity index (χ3v) is 1.54. The number of nitrogens with one attached hydrogen (secondary N) is 1. The van der Waals surface area contributed by atoms with E-state index in [0.717, 1.165) is 0 Å². The molecule has 78 valence electrons. The highest BCUT2D eigenvalue weighted by Gasteiger charge is 2.12. The first-order valence-corrected chi connectivity index (χ1v) is 5.27. The second-order valence-corrected chi connectivity index (χ2v) is 5.55. The minimum Gasteiger partial charge on any atom is -0.366 e. The van der Waals surface area contributed by atoms with Crippen molar-refractivity contribution in [3.8, 4) is 0 Å². The number of amides is 1. The van der Waals surface area contributed by atoms with Crippen LogP contribution in [0.2, 0.25) is 0 Å². The van der Waals surface area contributed by atoms with Gasteiger partial charge in [-0.25, -0.2) is 0 Å². The van der Waals surface area contributed by atoms with E-state index in [1.807, 2.05) is 27.7 Å². The number of carbonyl (C=O) groups excluding carboxylic acids is 1. The van der Waals surface area contributed by atoms with Crippen LogP contribution >= 0.6 is 15.9 Å². The Morgan fingerprint density at radius 2 is 2.08 bits per heavy atom. The lowest BCUT2D eigenvalue weighted by Crippen LogP contribution is -2.34. The van der Waals surface area contributed by atoms with Gasteiger partial charge in [0.2, 0.25) is 5.91 Å². The number of halogens is 1. The predicted molar refractivity (Wildman–Crippen MR) is 57.1 cm³/mol. The summed E-state index contributed by atoms with van der Waals surface area (Å²) in [6, 6.07) is 0. The van der Waals surface area contributed by atoms with E-state index in [9.17, 15) is 4.79 Å². The number of ether oxygens (including phenoxy) is 1. The van der Waals surface area contributed by atoms with E-state index in [-0.39, 0.29) is 18.1 Å². The second-order valence-electron chi connectivity index (χ2n) is 3.99. The summed E-state index contributed by atoms with van der Waals surface area (Å²) >= 11 is 3.34. The molecule has 4 heteroatoms. The van der Waals surface area contributed by atoms with Crippen LogP contribution < -0.4 is 5.32 Å². The Balaban J connectivity index is 3.53. The van der Waals surface area contributed by atoms with Crippen LogP contribution in [0.1, 0.15) is 27.7 Å². The SMILES string of the molecule is CC(Br)CNC(=O)COC(C)(C)C. The molecule has 0 fully saturated rings. The van der Waals surface area contributed by atoms with Crippen LogP contribution in [0.5, 0.6) is 0 Å². The summed E-state index contributed by atoms with van der Waals surface area (Å²) in [6.45, 7) is 8.51. The van der Waals surface area contributed by atoms with E-state index in [1.54, 1.807) is 0 Å². The molecule has 0 heterocycles. The summed E-state index contributed by atoms with van der Waals surface area (Å²) in [6.07, 6.45) is 0. The average Bonchev–Trinajstić information content (AvgIpc) is 1.95. The third-order valence-electron chi connectivity index (χ3n) is 1.22. The molecule has 1 amide bonds. The van der Waals surface area contributed by atoms with Gasteiger partial charge < -0.3 is 10.1 Å². The molecule has 0 aromatic heterocycles. The highest BCUT2D eigenvalue weighted by atomic mass is 79.9. The van der Waals surface area contributed by atoms with Crippen molar-refractivity contribution in [3.05, 3.63) is 0 Å². The number of hydrogen-bond acceptors (Lipinski definition) is 2. The van der Waals surface area contributed by atoms with Gasteiger partial charge in [-0.3, -0.25) is 4.79 Å². The normalized spacial score (nSPS) is 13.9. The maximum absolute atomic E-state index is 11.1. The van der Waals surface area contributed by atoms with E-state index in [4.69, 9.17) is 4.74 Å². The Hall–Kier alpha value is -0.0900. The predicted octanol–water partition coefficient (Wildman–Crippen LogP) is 1.70. The van der Waals surface area contributed by atoms with E-state index in [2.05, 4.69) is 21.2 Å². The van der Waals surface area contributed by atoms with Gasteiger partial charge in [0.25, 0.3) is 0 Å². The first-order valence-electron chi connectivity index (χ1n) is 4.36. The van der Waals surface area contributed by atoms with Gasteiger partial charge in [-0.05, 0) is 20.8 Å². The molecule has 0 saturated heterocycles. The van der Waals surface area contributed by atoms with Gasteiger partial charge in [0.05, 0.1) is 5.60 Å². The summed E-state index contributed by atoms with van der Waals surface area (Å²) in [5.41, 5.74) is -0.253. The molecule has 0 radical (unpaired) electrons. The van der Waals surface area contributed by atoms with Gasteiger partial charge in [0, 0.05) is 11.4 Å². The van der Waals surface area contributed by atoms with Gasteiger partial charge in [-0.15, -0.1) is 0 Å². The molecule has 0 aromatic rings. The number of hydrogen-bond donors (Lipinski definition) is 1. The maximum atomic E-state index is 11.1. The smallest absolute Gasteiger partial charge is 0.246 e. The van der Waals surface area contributed by atoms with Gasteiger partial charge >= 0.3 is 0 Å². The Bertz CT molecular complexity index is 163. The highest BCUT2D eigenvalue weighted by molar-refractivity contribution is 9.09. The largest absolute Gasteiger partial charge is 0.366 e. The van der Waals surface area contributed by atoms with Crippen LogP contribution in [-0.2, 0) is 9.53 Å². The van der Waals surface area contributed by atoms with Gasteiger partial charge in [-0.1, -0.05) is 22.9 Å². The van der Waals surface area contributed by atoms with Crippen molar-refractivity contribution in [2.45, 2.75) is 38.1 Å². The fourth-order valence-corrected chi connectivity index (χ4v) is 0.749. The van der Waals surface area contributed by atoms with Crippen LogP contribution in [0.3, 0.4) is 0 Å². The lowest BCUT2D eigenvalue weighted by molar-refractivity contribution is -0.130. The second kappa shape index (κ2) is 5.60. The zero-order valence-corrected chi connectivity index (χ0v) is 10.3. The molecule has 0 aliphatic heterocycles. The molecule has 0 aliphatic carbocycles. The Morgan fingerprint density at radius 1 is 1.54 bits per heavy atom. The molecule has 0 aliphatic rings. The number of carbonyl (C=O) groups is 1. The van der Waals surface area contributed by atoms with Gasteiger partial charge in [0.15, 0.2) is 0 Å². The Kier molecular flexibility index (Phi) is 5.56. The molecule has 1 atom stereocenters. The molecule has 0 saturated carbocycles. The molecular weight excluding hydrogens is 234 g/mol. The van der Waals surface area contributed by atoms with Crippen molar-refractivity contribution in [1.29, 1.82) is 0 Å². The lowest BCUT2D eigenvalue weighted by Gasteiger charge is -2.19. The highest BCUT2D eigenvalue weighted by Crippen LogP contribution is 2.05. The van der Waals surface area contributed by atoms with Crippen molar-refractivity contribution >= 4 is 21.8 Å². The van der Waals surface area contributed by atoms with Crippen molar-refractivity contribution in [2.75, 3.05) is 13.2 Å². The zero-order valence-electron chi connectivity index (χ0n) is 8.69. The lowest BCUT2D eigenvalue weighted by atomic mass is 10.2. The first-order chi connectivity index (χ1) is 5.81. The molecule has 0 rings (SSSR count). The molecule has 1 unspecified atom stereocenters. The van der Waals surface area contributed by atoms with Crippen molar-refractivity contribution < 1.29 is 9.53 Å². The van der Waals surface area contributed by atoms with Crippen molar-refractivity contribution in [2.24, 2.45) is 0 Å². The number of alkyl halides is 1. The van der Waals surface area contributed by atoms with E-state index in [0.29, 0.717) is 11.4 Å². The van der Waals surface area contributed by atoms with Crippen LogP contribution in [0.4, 0.5) is 0 Å². The molecule has 0 aromatic carbocycles. The summed E-state index contributed by atoms with van der Waals surface area (Å²) in [5.74, 6) is -0.0683. The summed E-state index contributed by atoms with van der Waals surface area (Å²) in [4.78, 5) is 11.4. The quantitative estimate of drug-likeness (QED) is 0.773. The van der Waals surface area contributed by atoms with Gasteiger partial charge in [-0.2, -0.15) is 0 Å². The van der Waals surface area contributed by atoms with Crippen LogP contribution in [0, 0.1) is 0 Å². The molecule has 0 spiro atoms. The molecular formula is C9H18BrNO2. The monoisotopic (exact) mass is 251 g/mol. The summed E-state index contributed by atoms with van der Waals surface area (Å²) in [5, 5.41) is 2.74. The minimum absolute atomic E-state index is 0.0683. The van der Waals surface area contributed by atoms with E-state index < -0.39 is 0 Å². The van der Waals surface area contributed by atoms with Crippen LogP contribution in [-0.4, -0.2) is 29.5 Å². The zero-order chi connectivity index (χ0) is 10.5. The summed E-state index contributed by atoms with van der Waals surface area (Å²) in [7, 11) is 0. The summed E-state index contributed by atoms with van der Waals surface area (Å²) < 4.78 is 5.30. The Labute approximate surface area is 88.4 Å². The molecule has 3 nitrogen and oxygen atoms in total. The van der Waals surface area contributed by atoms with Crippen LogP contribution in [0.15, 0.2) is 0 Å². The van der Waals surface area contributed by atoms with Crippen LogP contribution in [0.25, 0.3) is 0 Å². The fraction of sp³-hybridized carbons (Fsp3) is 0.889. The number of rotatable bonds is 4. The van der Waals surface area contributed by atoms with Crippen molar-refractivity contribution in [3.63, 3.8) is 0 Å². The fourth-order valence-electron chi connectivity index (χ4n) is 0.588. The Morgan fingerprint density at radius 3 is 2.46 bits per heavy atom. The van der Waals surface area contributed by atoms with E-state index in [1.165, 1.54) is 0 Å².